The van der Waals surface area contributed by atoms with Crippen molar-refractivity contribution < 1.29 is 44.6 Å². The van der Waals surface area contributed by atoms with E-state index in [0.29, 0.717) is 40.7 Å². The van der Waals surface area contributed by atoms with Crippen molar-refractivity contribution in [2.45, 2.75) is 56.5 Å². The minimum Gasteiger partial charge on any atom is -0.481 e. The standard InChI is InChI=1S/C26H26F2N2O7.H2/c1-24(2,23(34)35)21-10-14-9-16(4-5-18(14)30(21)12-17(32)13-31)29-22(33)25(7-8-25)15-3-6-19-20(11-15)37-26(27,28)36-19;/h3-6,9-11,17,31-32H,7-8,12-13H2,1-2H3,(H,29,33)(H,34,35);1H/t17-;/m1./s1. The Hall–Kier alpha value is -3.70. The molecule has 0 bridgehead atoms. The first-order chi connectivity index (χ1) is 17.4. The number of ether oxygens (including phenoxy) is 2. The molecule has 37 heavy (non-hydrogen) atoms. The van der Waals surface area contributed by atoms with Gasteiger partial charge >= 0.3 is 12.3 Å². The molecule has 1 aliphatic heterocycles. The molecular formula is C26H28F2N2O7. The number of nitrogens with zero attached hydrogens (tertiary/aromatic N) is 1. The number of anilines is 1. The van der Waals surface area contributed by atoms with E-state index in [2.05, 4.69) is 14.8 Å². The molecule has 2 aliphatic rings. The number of carbonyl (C=O) groups is 2. The molecule has 0 spiro atoms. The summed E-state index contributed by atoms with van der Waals surface area (Å²) in [7, 11) is 0. The van der Waals surface area contributed by atoms with Crippen LogP contribution in [0.5, 0.6) is 11.5 Å². The van der Waals surface area contributed by atoms with Crippen LogP contribution in [0.4, 0.5) is 14.5 Å². The Morgan fingerprint density at radius 1 is 1.14 bits per heavy atom. The second kappa shape index (κ2) is 8.42. The van der Waals surface area contributed by atoms with Gasteiger partial charge in [0.1, 0.15) is 5.41 Å². The van der Waals surface area contributed by atoms with Gasteiger partial charge in [-0.05, 0) is 68.7 Å². The Morgan fingerprint density at radius 3 is 2.49 bits per heavy atom. The summed E-state index contributed by atoms with van der Waals surface area (Å²) in [6, 6.07) is 11.1. The third-order valence-corrected chi connectivity index (χ3v) is 7.08. The molecule has 1 amide bonds. The average molecular weight is 519 g/mol. The summed E-state index contributed by atoms with van der Waals surface area (Å²) in [6.07, 6.45) is -3.77. The Morgan fingerprint density at radius 2 is 1.84 bits per heavy atom. The molecule has 11 heteroatoms. The van der Waals surface area contributed by atoms with Crippen molar-refractivity contribution in [3.05, 3.63) is 53.7 Å². The van der Waals surface area contributed by atoms with Gasteiger partial charge in [0.05, 0.1) is 24.7 Å². The number of fused-ring (bicyclic) bond motifs is 2. The van der Waals surface area contributed by atoms with Gasteiger partial charge in [-0.2, -0.15) is 0 Å². The normalized spacial score (nSPS) is 18.0. The fourth-order valence-electron chi connectivity index (χ4n) is 4.71. The number of alkyl halides is 2. The lowest BCUT2D eigenvalue weighted by atomic mass is 9.89. The number of hydrogen-bond donors (Lipinski definition) is 4. The molecule has 3 aromatic rings. The number of carboxylic acids is 1. The van der Waals surface area contributed by atoms with Crippen LogP contribution in [-0.4, -0.2) is 50.8 Å². The van der Waals surface area contributed by atoms with Gasteiger partial charge in [-0.3, -0.25) is 9.59 Å². The highest BCUT2D eigenvalue weighted by Crippen LogP contribution is 2.52. The summed E-state index contributed by atoms with van der Waals surface area (Å²) in [5.41, 5.74) is -0.101. The summed E-state index contributed by atoms with van der Waals surface area (Å²) in [5, 5.41) is 32.7. The van der Waals surface area contributed by atoms with Gasteiger partial charge < -0.3 is 34.7 Å². The van der Waals surface area contributed by atoms with Crippen LogP contribution in [0.15, 0.2) is 42.5 Å². The number of benzene rings is 2. The molecule has 1 fully saturated rings. The van der Waals surface area contributed by atoms with Crippen LogP contribution in [-0.2, 0) is 27.0 Å². The largest absolute Gasteiger partial charge is 0.586 e. The van der Waals surface area contributed by atoms with Crippen molar-refractivity contribution in [2.24, 2.45) is 0 Å². The molecular weight excluding hydrogens is 490 g/mol. The molecule has 198 valence electrons. The number of hydrogen-bond acceptors (Lipinski definition) is 6. The van der Waals surface area contributed by atoms with Crippen LogP contribution in [0, 0.1) is 0 Å². The third-order valence-electron chi connectivity index (χ3n) is 7.08. The highest BCUT2D eigenvalue weighted by molar-refractivity contribution is 6.02. The number of aromatic nitrogens is 1. The van der Waals surface area contributed by atoms with Crippen LogP contribution in [0.25, 0.3) is 10.9 Å². The van der Waals surface area contributed by atoms with E-state index in [1.54, 1.807) is 48.7 Å². The topological polar surface area (TPSA) is 130 Å². The SMILES string of the molecule is CC(C)(C(=O)O)c1cc2cc(NC(=O)C3(c4ccc5c(c4)OC(F)(F)O5)CC3)ccc2n1C[C@@H](O)CO.[HH]. The maximum absolute atomic E-state index is 13.4. The minimum absolute atomic E-state index is 0. The zero-order valence-electron chi connectivity index (χ0n) is 20.1. The number of aliphatic carboxylic acids is 1. The predicted molar refractivity (Wildman–Crippen MR) is 130 cm³/mol. The predicted octanol–water partition coefficient (Wildman–Crippen LogP) is 3.59. The van der Waals surface area contributed by atoms with Gasteiger partial charge in [-0.1, -0.05) is 6.07 Å². The smallest absolute Gasteiger partial charge is 0.481 e. The molecule has 1 saturated carbocycles. The summed E-state index contributed by atoms with van der Waals surface area (Å²) in [4.78, 5) is 25.2. The summed E-state index contributed by atoms with van der Waals surface area (Å²) in [6.45, 7) is 2.60. The molecule has 1 atom stereocenters. The van der Waals surface area contributed by atoms with E-state index in [0.717, 1.165) is 0 Å². The molecule has 9 nitrogen and oxygen atoms in total. The average Bonchev–Trinajstić information content (AvgIpc) is 3.48. The first-order valence-corrected chi connectivity index (χ1v) is 11.7. The van der Waals surface area contributed by atoms with Crippen LogP contribution < -0.4 is 14.8 Å². The quantitative estimate of drug-likeness (QED) is 0.359. The number of amides is 1. The van der Waals surface area contributed by atoms with Gasteiger partial charge in [-0.25, -0.2) is 0 Å². The monoisotopic (exact) mass is 518 g/mol. The van der Waals surface area contributed by atoms with E-state index in [-0.39, 0.29) is 25.4 Å². The Balaban J connectivity index is 0.00000336. The molecule has 1 aromatic heterocycles. The van der Waals surface area contributed by atoms with Crippen molar-refractivity contribution in [1.82, 2.24) is 4.57 Å². The maximum atomic E-state index is 13.4. The van der Waals surface area contributed by atoms with E-state index < -0.39 is 35.8 Å². The number of carbonyl (C=O) groups excluding carboxylic acids is 1. The van der Waals surface area contributed by atoms with Crippen molar-refractivity contribution in [2.75, 3.05) is 11.9 Å². The number of aliphatic hydroxyl groups is 2. The van der Waals surface area contributed by atoms with Crippen LogP contribution in [0.2, 0.25) is 0 Å². The van der Waals surface area contributed by atoms with Crippen molar-refractivity contribution in [1.29, 1.82) is 0 Å². The molecule has 4 N–H and O–H groups in total. The lowest BCUT2D eigenvalue weighted by Gasteiger charge is -2.23. The Kier molecular flexibility index (Phi) is 5.68. The van der Waals surface area contributed by atoms with Crippen LogP contribution in [0.1, 0.15) is 39.4 Å². The first kappa shape index (κ1) is 25.0. The van der Waals surface area contributed by atoms with Crippen molar-refractivity contribution in [3.8, 4) is 11.5 Å². The van der Waals surface area contributed by atoms with Crippen LogP contribution in [0.3, 0.4) is 0 Å². The zero-order valence-corrected chi connectivity index (χ0v) is 20.1. The fraction of sp³-hybridized carbons (Fsp3) is 0.385. The second-order valence-electron chi connectivity index (χ2n) is 10.0. The Bertz CT molecular complexity index is 1420. The summed E-state index contributed by atoms with van der Waals surface area (Å²) < 4.78 is 37.4. The van der Waals surface area contributed by atoms with E-state index in [4.69, 9.17) is 0 Å². The molecule has 2 heterocycles. The highest BCUT2D eigenvalue weighted by atomic mass is 19.3. The first-order valence-electron chi connectivity index (χ1n) is 11.7. The number of nitrogens with one attached hydrogen (secondary N) is 1. The maximum Gasteiger partial charge on any atom is 0.586 e. The third kappa shape index (κ3) is 4.27. The summed E-state index contributed by atoms with van der Waals surface area (Å²) >= 11 is 0. The van der Waals surface area contributed by atoms with Gasteiger partial charge in [0, 0.05) is 23.7 Å². The summed E-state index contributed by atoms with van der Waals surface area (Å²) in [5.74, 6) is -1.58. The number of rotatable bonds is 8. The molecule has 1 aliphatic carbocycles. The highest BCUT2D eigenvalue weighted by Gasteiger charge is 2.52. The number of aliphatic hydroxyl groups excluding tert-OH is 2. The lowest BCUT2D eigenvalue weighted by Crippen LogP contribution is -2.33. The molecule has 2 aromatic carbocycles. The van der Waals surface area contributed by atoms with Gasteiger partial charge in [0.2, 0.25) is 5.91 Å². The van der Waals surface area contributed by atoms with Crippen molar-refractivity contribution in [3.63, 3.8) is 0 Å². The van der Waals surface area contributed by atoms with E-state index in [9.17, 15) is 33.7 Å². The van der Waals surface area contributed by atoms with Crippen molar-refractivity contribution >= 4 is 28.5 Å². The van der Waals surface area contributed by atoms with Gasteiger partial charge in [0.25, 0.3) is 0 Å². The molecule has 0 saturated heterocycles. The minimum atomic E-state index is -3.74. The fourth-order valence-corrected chi connectivity index (χ4v) is 4.71. The molecule has 0 radical (unpaired) electrons. The van der Waals surface area contributed by atoms with Crippen LogP contribution >= 0.6 is 0 Å². The Labute approximate surface area is 211 Å². The van der Waals surface area contributed by atoms with Gasteiger partial charge in [0.15, 0.2) is 11.5 Å². The van der Waals surface area contributed by atoms with E-state index >= 15 is 0 Å². The lowest BCUT2D eigenvalue weighted by molar-refractivity contribution is -0.286. The van der Waals surface area contributed by atoms with E-state index in [1.165, 1.54) is 12.1 Å². The molecule has 0 unspecified atom stereocenters. The number of carboxylic acid groups (broad SMARTS) is 1. The zero-order chi connectivity index (χ0) is 26.8. The van der Waals surface area contributed by atoms with Gasteiger partial charge in [-0.15, -0.1) is 8.78 Å². The second-order valence-corrected chi connectivity index (χ2v) is 10.0. The number of halogens is 2. The van der Waals surface area contributed by atoms with E-state index in [1.807, 2.05) is 0 Å². The molecule has 5 rings (SSSR count).